The second kappa shape index (κ2) is 4.68. The fourth-order valence-corrected chi connectivity index (χ4v) is 2.08. The summed E-state index contributed by atoms with van der Waals surface area (Å²) in [6.45, 7) is 8.60. The quantitative estimate of drug-likeness (QED) is 0.773. The Morgan fingerprint density at radius 1 is 1.41 bits per heavy atom. The topological polar surface area (TPSA) is 64.8 Å². The average Bonchev–Trinajstić information content (AvgIpc) is 2.32. The first kappa shape index (κ1) is 11.8. The van der Waals surface area contributed by atoms with Crippen molar-refractivity contribution in [2.45, 2.75) is 26.8 Å². The van der Waals surface area contributed by atoms with E-state index in [0.717, 1.165) is 36.7 Å². The van der Waals surface area contributed by atoms with Crippen LogP contribution in [-0.2, 0) is 0 Å². The third kappa shape index (κ3) is 2.22. The van der Waals surface area contributed by atoms with Crippen molar-refractivity contribution in [3.05, 3.63) is 16.8 Å². The molecule has 2 rings (SSSR count). The van der Waals surface area contributed by atoms with Gasteiger partial charge in [-0.3, -0.25) is 0 Å². The molecule has 0 aromatic carbocycles. The molecule has 1 aliphatic heterocycles. The van der Waals surface area contributed by atoms with Crippen LogP contribution in [0, 0.1) is 25.2 Å². The molecule has 17 heavy (non-hydrogen) atoms. The van der Waals surface area contributed by atoms with Crippen LogP contribution in [0.25, 0.3) is 0 Å². The molecule has 0 unspecified atom stereocenters. The Hall–Kier alpha value is -1.67. The average molecular weight is 231 g/mol. The molecule has 2 heterocycles. The van der Waals surface area contributed by atoms with Gasteiger partial charge in [0.1, 0.15) is 11.6 Å². The van der Waals surface area contributed by atoms with Crippen LogP contribution in [0.2, 0.25) is 0 Å². The zero-order chi connectivity index (χ0) is 12.4. The van der Waals surface area contributed by atoms with Crippen molar-refractivity contribution in [1.82, 2.24) is 15.5 Å². The van der Waals surface area contributed by atoms with E-state index in [1.807, 2.05) is 13.8 Å². The highest BCUT2D eigenvalue weighted by Crippen LogP contribution is 2.21. The van der Waals surface area contributed by atoms with Gasteiger partial charge in [0.15, 0.2) is 5.82 Å². The monoisotopic (exact) mass is 231 g/mol. The second-order valence-corrected chi connectivity index (χ2v) is 4.52. The zero-order valence-electron chi connectivity index (χ0n) is 10.5. The van der Waals surface area contributed by atoms with Gasteiger partial charge >= 0.3 is 0 Å². The van der Waals surface area contributed by atoms with Crippen LogP contribution in [0.15, 0.2) is 0 Å². The van der Waals surface area contributed by atoms with Crippen LogP contribution in [0.4, 0.5) is 5.82 Å². The minimum absolute atomic E-state index is 0.415. The summed E-state index contributed by atoms with van der Waals surface area (Å²) in [4.78, 5) is 2.14. The molecule has 1 aliphatic rings. The molecule has 1 atom stereocenters. The SMILES string of the molecule is Cc1nnc(N2CCN[C@@H](C)C2)c(C#N)c1C. The lowest BCUT2D eigenvalue weighted by atomic mass is 10.1. The lowest BCUT2D eigenvalue weighted by Crippen LogP contribution is -2.49. The van der Waals surface area contributed by atoms with Crippen molar-refractivity contribution in [2.75, 3.05) is 24.5 Å². The van der Waals surface area contributed by atoms with Crippen molar-refractivity contribution in [1.29, 1.82) is 5.26 Å². The Balaban J connectivity index is 2.38. The zero-order valence-corrected chi connectivity index (χ0v) is 10.5. The normalized spacial score (nSPS) is 20.1. The maximum Gasteiger partial charge on any atom is 0.169 e. The predicted octanol–water partition coefficient (Wildman–Crippen LogP) is 0.763. The first-order valence-corrected chi connectivity index (χ1v) is 5.85. The van der Waals surface area contributed by atoms with Gasteiger partial charge < -0.3 is 10.2 Å². The molecule has 1 N–H and O–H groups in total. The lowest BCUT2D eigenvalue weighted by molar-refractivity contribution is 0.481. The van der Waals surface area contributed by atoms with E-state index in [2.05, 4.69) is 33.4 Å². The van der Waals surface area contributed by atoms with Crippen LogP contribution < -0.4 is 10.2 Å². The van der Waals surface area contributed by atoms with Crippen LogP contribution in [0.5, 0.6) is 0 Å². The third-order valence-electron chi connectivity index (χ3n) is 3.22. The molecule has 1 aromatic rings. The maximum absolute atomic E-state index is 9.26. The smallest absolute Gasteiger partial charge is 0.169 e. The van der Waals surface area contributed by atoms with Crippen molar-refractivity contribution in [3.8, 4) is 6.07 Å². The Kier molecular flexibility index (Phi) is 3.25. The van der Waals surface area contributed by atoms with Gasteiger partial charge in [-0.05, 0) is 26.3 Å². The molecule has 0 amide bonds. The summed E-state index contributed by atoms with van der Waals surface area (Å²) in [5.74, 6) is 0.726. The largest absolute Gasteiger partial charge is 0.351 e. The van der Waals surface area contributed by atoms with Crippen LogP contribution >= 0.6 is 0 Å². The number of hydrogen-bond acceptors (Lipinski definition) is 5. The van der Waals surface area contributed by atoms with Gasteiger partial charge in [-0.25, -0.2) is 0 Å². The molecular formula is C12H17N5. The van der Waals surface area contributed by atoms with Gasteiger partial charge in [0.25, 0.3) is 0 Å². The minimum Gasteiger partial charge on any atom is -0.351 e. The summed E-state index contributed by atoms with van der Waals surface area (Å²) in [7, 11) is 0. The standard InChI is InChI=1S/C12H17N5/c1-8-7-17(5-4-14-8)12-11(6-13)9(2)10(3)15-16-12/h8,14H,4-5,7H2,1-3H3/t8-/m0/s1. The molecular weight excluding hydrogens is 214 g/mol. The van der Waals surface area contributed by atoms with E-state index in [0.29, 0.717) is 11.6 Å². The molecule has 90 valence electrons. The highest BCUT2D eigenvalue weighted by molar-refractivity contribution is 5.57. The molecule has 0 bridgehead atoms. The number of rotatable bonds is 1. The summed E-state index contributed by atoms with van der Waals surface area (Å²) in [5, 5.41) is 21.0. The molecule has 5 nitrogen and oxygen atoms in total. The first-order valence-electron chi connectivity index (χ1n) is 5.85. The van der Waals surface area contributed by atoms with Gasteiger partial charge in [-0.1, -0.05) is 0 Å². The van der Waals surface area contributed by atoms with Gasteiger partial charge in [0.05, 0.1) is 5.69 Å². The van der Waals surface area contributed by atoms with E-state index >= 15 is 0 Å². The summed E-state index contributed by atoms with van der Waals surface area (Å²) in [6.07, 6.45) is 0. The van der Waals surface area contributed by atoms with E-state index in [1.165, 1.54) is 0 Å². The third-order valence-corrected chi connectivity index (χ3v) is 3.22. The summed E-state index contributed by atoms with van der Waals surface area (Å²) >= 11 is 0. The number of aryl methyl sites for hydroxylation is 1. The second-order valence-electron chi connectivity index (χ2n) is 4.52. The van der Waals surface area contributed by atoms with E-state index in [4.69, 9.17) is 0 Å². The van der Waals surface area contributed by atoms with E-state index < -0.39 is 0 Å². The summed E-state index contributed by atoms with van der Waals surface area (Å²) < 4.78 is 0. The first-order chi connectivity index (χ1) is 8.13. The van der Waals surface area contributed by atoms with Gasteiger partial charge in [0, 0.05) is 25.7 Å². The number of nitrogens with one attached hydrogen (secondary N) is 1. The van der Waals surface area contributed by atoms with Gasteiger partial charge in [0.2, 0.25) is 0 Å². The number of hydrogen-bond donors (Lipinski definition) is 1. The van der Waals surface area contributed by atoms with E-state index in [9.17, 15) is 5.26 Å². The lowest BCUT2D eigenvalue weighted by Gasteiger charge is -2.33. The predicted molar refractivity (Wildman–Crippen MR) is 65.9 cm³/mol. The van der Waals surface area contributed by atoms with Gasteiger partial charge in [-0.15, -0.1) is 5.10 Å². The molecule has 0 aliphatic carbocycles. The molecule has 1 aromatic heterocycles. The Bertz CT molecular complexity index is 463. The molecule has 1 saturated heterocycles. The van der Waals surface area contributed by atoms with Crippen molar-refractivity contribution < 1.29 is 0 Å². The fourth-order valence-electron chi connectivity index (χ4n) is 2.08. The van der Waals surface area contributed by atoms with Crippen LogP contribution in [0.3, 0.4) is 0 Å². The maximum atomic E-state index is 9.26. The summed E-state index contributed by atoms with van der Waals surface area (Å²) in [6, 6.07) is 2.67. The molecule has 0 radical (unpaired) electrons. The highest BCUT2D eigenvalue weighted by atomic mass is 15.3. The number of piperazine rings is 1. The van der Waals surface area contributed by atoms with Crippen LogP contribution in [0.1, 0.15) is 23.7 Å². The Morgan fingerprint density at radius 3 is 2.82 bits per heavy atom. The Labute approximate surface area is 101 Å². The number of nitrogens with zero attached hydrogens (tertiary/aromatic N) is 4. The van der Waals surface area contributed by atoms with E-state index in [1.54, 1.807) is 0 Å². The number of nitriles is 1. The summed E-state index contributed by atoms with van der Waals surface area (Å²) in [5.41, 5.74) is 2.42. The van der Waals surface area contributed by atoms with Crippen molar-refractivity contribution >= 4 is 5.82 Å². The van der Waals surface area contributed by atoms with Crippen molar-refractivity contribution in [2.24, 2.45) is 0 Å². The fraction of sp³-hybridized carbons (Fsp3) is 0.583. The van der Waals surface area contributed by atoms with E-state index in [-0.39, 0.29) is 0 Å². The van der Waals surface area contributed by atoms with Gasteiger partial charge in [-0.2, -0.15) is 10.4 Å². The molecule has 0 spiro atoms. The van der Waals surface area contributed by atoms with Crippen LogP contribution in [-0.4, -0.2) is 35.9 Å². The molecule has 1 fully saturated rings. The molecule has 0 saturated carbocycles. The Morgan fingerprint density at radius 2 is 2.18 bits per heavy atom. The highest BCUT2D eigenvalue weighted by Gasteiger charge is 2.21. The number of anilines is 1. The minimum atomic E-state index is 0.415. The number of aromatic nitrogens is 2. The van der Waals surface area contributed by atoms with Crippen molar-refractivity contribution in [3.63, 3.8) is 0 Å². The molecule has 5 heteroatoms.